The maximum Gasteiger partial charge on any atom is 0.281 e. The molecule has 0 bridgehead atoms. The lowest BCUT2D eigenvalue weighted by molar-refractivity contribution is 0.532. The Bertz CT molecular complexity index is 717. The molecule has 8 heteroatoms. The standard InChI is InChI=1S/C13H11BBrClFN3O/c15-10-9(16)3-8-12(18-6-19-13(8)11(10)17)7-1-2-20(4-7)14-5-21/h3,5-7,14H,1-2,4H2. The van der Waals surface area contributed by atoms with Crippen LogP contribution >= 0.6 is 27.5 Å². The van der Waals surface area contributed by atoms with Crippen LogP contribution in [0, 0.1) is 5.82 Å². The van der Waals surface area contributed by atoms with Crippen LogP contribution < -0.4 is 0 Å². The highest BCUT2D eigenvalue weighted by molar-refractivity contribution is 9.10. The molecule has 1 fully saturated rings. The molecule has 0 aliphatic carbocycles. The zero-order valence-corrected chi connectivity index (χ0v) is 13.4. The van der Waals surface area contributed by atoms with Crippen molar-refractivity contribution in [1.29, 1.82) is 0 Å². The van der Waals surface area contributed by atoms with Crippen LogP contribution in [0.4, 0.5) is 4.39 Å². The molecule has 0 N–H and O–H groups in total. The maximum atomic E-state index is 14.2. The predicted molar refractivity (Wildman–Crippen MR) is 85.0 cm³/mol. The lowest BCUT2D eigenvalue weighted by Crippen LogP contribution is -2.26. The Kier molecular flexibility index (Phi) is 4.24. The van der Waals surface area contributed by atoms with Gasteiger partial charge in [-0.15, -0.1) is 0 Å². The molecule has 0 amide bonds. The molecule has 1 aliphatic heterocycles. The van der Waals surface area contributed by atoms with Crippen molar-refractivity contribution >= 4 is 52.0 Å². The second kappa shape index (κ2) is 5.98. The minimum Gasteiger partial charge on any atom is -0.338 e. The van der Waals surface area contributed by atoms with Gasteiger partial charge in [-0.1, -0.05) is 11.6 Å². The summed E-state index contributed by atoms with van der Waals surface area (Å²) in [6.07, 6.45) is 3.16. The Morgan fingerprint density at radius 1 is 1.52 bits per heavy atom. The van der Waals surface area contributed by atoms with Gasteiger partial charge in [-0.2, -0.15) is 0 Å². The van der Waals surface area contributed by atoms with Crippen LogP contribution in [0.25, 0.3) is 10.9 Å². The van der Waals surface area contributed by atoms with Gasteiger partial charge in [0.05, 0.1) is 21.4 Å². The second-order valence-electron chi connectivity index (χ2n) is 5.05. The molecule has 2 heterocycles. The first kappa shape index (κ1) is 14.9. The molecule has 1 saturated heterocycles. The van der Waals surface area contributed by atoms with Gasteiger partial charge in [-0.3, -0.25) is 0 Å². The Hall–Kier alpha value is -1.05. The van der Waals surface area contributed by atoms with E-state index in [4.69, 9.17) is 11.6 Å². The molecule has 3 rings (SSSR count). The van der Waals surface area contributed by atoms with E-state index in [1.807, 2.05) is 0 Å². The summed E-state index contributed by atoms with van der Waals surface area (Å²) >= 11 is 9.17. The Morgan fingerprint density at radius 2 is 2.33 bits per heavy atom. The smallest absolute Gasteiger partial charge is 0.281 e. The Labute approximate surface area is 135 Å². The van der Waals surface area contributed by atoms with Gasteiger partial charge in [0.15, 0.2) is 5.82 Å². The molecule has 1 aromatic carbocycles. The highest BCUT2D eigenvalue weighted by Gasteiger charge is 2.27. The molecule has 1 aliphatic rings. The number of fused-ring (bicyclic) bond motifs is 1. The summed E-state index contributed by atoms with van der Waals surface area (Å²) in [7, 11) is 0.417. The van der Waals surface area contributed by atoms with Crippen LogP contribution in [0.15, 0.2) is 16.9 Å². The largest absolute Gasteiger partial charge is 0.338 e. The van der Waals surface area contributed by atoms with Gasteiger partial charge in [-0.25, -0.2) is 14.4 Å². The number of rotatable bonds is 3. The van der Waals surface area contributed by atoms with Gasteiger partial charge in [0.2, 0.25) is 0 Å². The molecule has 21 heavy (non-hydrogen) atoms. The van der Waals surface area contributed by atoms with Crippen molar-refractivity contribution in [1.82, 2.24) is 14.8 Å². The Balaban J connectivity index is 2.06. The van der Waals surface area contributed by atoms with Crippen LogP contribution in [0.3, 0.4) is 0 Å². The average Bonchev–Trinajstić information content (AvgIpc) is 2.93. The monoisotopic (exact) mass is 369 g/mol. The summed E-state index contributed by atoms with van der Waals surface area (Å²) in [5.74, 6) is -0.309. The van der Waals surface area contributed by atoms with E-state index >= 15 is 0 Å². The van der Waals surface area contributed by atoms with Crippen molar-refractivity contribution in [3.8, 4) is 0 Å². The third kappa shape index (κ3) is 2.70. The highest BCUT2D eigenvalue weighted by Crippen LogP contribution is 2.35. The molecular weight excluding hydrogens is 359 g/mol. The van der Waals surface area contributed by atoms with E-state index in [0.29, 0.717) is 17.8 Å². The van der Waals surface area contributed by atoms with Crippen molar-refractivity contribution in [2.24, 2.45) is 0 Å². The fraction of sp³-hybridized carbons (Fsp3) is 0.308. The molecule has 0 spiro atoms. The lowest BCUT2D eigenvalue weighted by Gasteiger charge is -2.14. The van der Waals surface area contributed by atoms with E-state index in [9.17, 15) is 9.18 Å². The number of halogens is 3. The number of nitrogens with zero attached hydrogens (tertiary/aromatic N) is 3. The van der Waals surface area contributed by atoms with E-state index in [1.54, 1.807) is 6.07 Å². The van der Waals surface area contributed by atoms with Crippen LogP contribution in [0.5, 0.6) is 0 Å². The SMILES string of the molecule is O=CBN1CCC(c2ncnc3c(F)c(Br)c(Cl)cc23)C1. The number of hydrogen-bond acceptors (Lipinski definition) is 4. The van der Waals surface area contributed by atoms with E-state index in [1.165, 1.54) is 6.33 Å². The first-order chi connectivity index (χ1) is 10.1. The third-order valence-electron chi connectivity index (χ3n) is 3.79. The van der Waals surface area contributed by atoms with Gasteiger partial charge in [0.1, 0.15) is 11.8 Å². The second-order valence-corrected chi connectivity index (χ2v) is 6.25. The number of aromatic nitrogens is 2. The van der Waals surface area contributed by atoms with Gasteiger partial charge in [-0.05, 0) is 41.5 Å². The van der Waals surface area contributed by atoms with Crippen molar-refractivity contribution in [3.63, 3.8) is 0 Å². The number of benzene rings is 1. The lowest BCUT2D eigenvalue weighted by atomic mass is 9.95. The van der Waals surface area contributed by atoms with Crippen molar-refractivity contribution in [2.45, 2.75) is 12.3 Å². The van der Waals surface area contributed by atoms with E-state index in [-0.39, 0.29) is 15.9 Å². The van der Waals surface area contributed by atoms with Crippen LogP contribution in [-0.2, 0) is 4.79 Å². The topological polar surface area (TPSA) is 46.1 Å². The third-order valence-corrected chi connectivity index (χ3v) is 5.09. The first-order valence-corrected chi connectivity index (χ1v) is 7.73. The summed E-state index contributed by atoms with van der Waals surface area (Å²) < 4.78 is 14.5. The van der Waals surface area contributed by atoms with Crippen LogP contribution in [-0.4, -0.2) is 41.5 Å². The zero-order valence-electron chi connectivity index (χ0n) is 11.0. The predicted octanol–water partition coefficient (Wildman–Crippen LogP) is 2.52. The fourth-order valence-corrected chi connectivity index (χ4v) is 3.27. The van der Waals surface area contributed by atoms with Crippen LogP contribution in [0.1, 0.15) is 18.0 Å². The summed E-state index contributed by atoms with van der Waals surface area (Å²) in [5.41, 5.74) is 1.06. The quantitative estimate of drug-likeness (QED) is 0.473. The van der Waals surface area contributed by atoms with Gasteiger partial charge >= 0.3 is 0 Å². The summed E-state index contributed by atoms with van der Waals surface area (Å²) in [5, 5.41) is 0.944. The minimum atomic E-state index is -0.469. The molecule has 4 nitrogen and oxygen atoms in total. The highest BCUT2D eigenvalue weighted by atomic mass is 79.9. The average molecular weight is 370 g/mol. The molecule has 1 aromatic heterocycles. The molecular formula is C13H11BBrClFN3O. The van der Waals surface area contributed by atoms with Gasteiger partial charge in [0.25, 0.3) is 7.41 Å². The molecule has 2 aromatic rings. The molecule has 108 valence electrons. The Morgan fingerprint density at radius 3 is 3.10 bits per heavy atom. The minimum absolute atomic E-state index is 0.159. The maximum absolute atomic E-state index is 14.2. The number of carbonyl (C=O) groups is 1. The number of carbonyl (C=O) groups excluding carboxylic acids is 1. The fourth-order valence-electron chi connectivity index (χ4n) is 2.78. The molecule has 0 radical (unpaired) electrons. The van der Waals surface area contributed by atoms with Crippen molar-refractivity contribution in [3.05, 3.63) is 33.4 Å². The zero-order chi connectivity index (χ0) is 15.0. The number of hydrogen-bond donors (Lipinski definition) is 0. The van der Waals surface area contributed by atoms with Gasteiger partial charge in [0, 0.05) is 11.3 Å². The summed E-state index contributed by atoms with van der Waals surface area (Å²) in [6.45, 7) is 1.57. The van der Waals surface area contributed by atoms with E-state index in [2.05, 4.69) is 30.7 Å². The van der Waals surface area contributed by atoms with Crippen molar-refractivity contribution < 1.29 is 9.18 Å². The summed E-state index contributed by atoms with van der Waals surface area (Å²) in [4.78, 5) is 21.0. The molecule has 1 atom stereocenters. The first-order valence-electron chi connectivity index (χ1n) is 6.56. The van der Waals surface area contributed by atoms with E-state index < -0.39 is 5.82 Å². The molecule has 1 unspecified atom stereocenters. The van der Waals surface area contributed by atoms with E-state index in [0.717, 1.165) is 31.4 Å². The van der Waals surface area contributed by atoms with Crippen LogP contribution in [0.2, 0.25) is 5.02 Å². The molecule has 0 saturated carbocycles. The summed E-state index contributed by atoms with van der Waals surface area (Å²) in [6, 6.07) is 1.70. The van der Waals surface area contributed by atoms with Gasteiger partial charge < -0.3 is 9.61 Å². The van der Waals surface area contributed by atoms with Crippen molar-refractivity contribution in [2.75, 3.05) is 13.1 Å². The normalized spacial score (nSPS) is 19.1.